The number of carbonyl (C=O) groups excluding carboxylic acids is 3. The molecule has 0 saturated carbocycles. The molecule has 0 bridgehead atoms. The zero-order valence-corrected chi connectivity index (χ0v) is 21.3. The van der Waals surface area contributed by atoms with Crippen molar-refractivity contribution in [3.8, 4) is 5.75 Å². The van der Waals surface area contributed by atoms with Gasteiger partial charge in [0.1, 0.15) is 16.8 Å². The highest BCUT2D eigenvalue weighted by molar-refractivity contribution is 6.03. The quantitative estimate of drug-likeness (QED) is 0.298. The number of esters is 1. The predicted octanol–water partition coefficient (Wildman–Crippen LogP) is 5.34. The third-order valence-electron chi connectivity index (χ3n) is 6.33. The smallest absolute Gasteiger partial charge is 0.338 e. The number of hydrogen-bond acceptors (Lipinski definition) is 5. The van der Waals surface area contributed by atoms with Gasteiger partial charge in [-0.15, -0.1) is 0 Å². The molecule has 7 heteroatoms. The number of carbonyl (C=O) groups is 3. The van der Waals surface area contributed by atoms with Crippen LogP contribution in [0.1, 0.15) is 69.8 Å². The lowest BCUT2D eigenvalue weighted by Gasteiger charge is -2.53. The van der Waals surface area contributed by atoms with Crippen LogP contribution in [0.2, 0.25) is 0 Å². The topological polar surface area (TPSA) is 84.9 Å². The summed E-state index contributed by atoms with van der Waals surface area (Å²) >= 11 is 0. The Balaban J connectivity index is 1.65. The molecule has 0 aromatic heterocycles. The number of urea groups is 1. The molecule has 1 aliphatic rings. The summed E-state index contributed by atoms with van der Waals surface area (Å²) in [4.78, 5) is 39.4. The summed E-state index contributed by atoms with van der Waals surface area (Å²) in [5, 5.41) is 2.86. The van der Waals surface area contributed by atoms with Crippen LogP contribution >= 0.6 is 0 Å². The largest absolute Gasteiger partial charge is 0.469 e. The number of amides is 3. The van der Waals surface area contributed by atoms with Gasteiger partial charge in [-0.05, 0) is 76.3 Å². The molecule has 1 saturated heterocycles. The number of hydrogen-bond donors (Lipinski definition) is 1. The Kier molecular flexibility index (Phi) is 8.20. The summed E-state index contributed by atoms with van der Waals surface area (Å²) in [5.74, 6) is -0.169. The van der Waals surface area contributed by atoms with Gasteiger partial charge >= 0.3 is 12.0 Å². The highest BCUT2D eigenvalue weighted by atomic mass is 16.6. The van der Waals surface area contributed by atoms with Crippen molar-refractivity contribution in [2.75, 3.05) is 6.54 Å². The first-order valence-corrected chi connectivity index (χ1v) is 12.3. The summed E-state index contributed by atoms with van der Waals surface area (Å²) in [6.45, 7) is 9.75. The second-order valence-electron chi connectivity index (χ2n) is 9.86. The lowest BCUT2D eigenvalue weighted by molar-refractivity contribution is -0.190. The molecule has 1 aliphatic heterocycles. The molecule has 1 unspecified atom stereocenters. The zero-order chi connectivity index (χ0) is 25.6. The van der Waals surface area contributed by atoms with Gasteiger partial charge in [0.05, 0.1) is 5.56 Å². The van der Waals surface area contributed by atoms with E-state index in [0.29, 0.717) is 30.7 Å². The number of β-lactam (4-membered cyclic amide) rings is 1. The van der Waals surface area contributed by atoms with Crippen LogP contribution in [0.3, 0.4) is 0 Å². The predicted molar refractivity (Wildman–Crippen MR) is 134 cm³/mol. The molecule has 2 aromatic rings. The lowest BCUT2D eigenvalue weighted by atomic mass is 9.72. The Morgan fingerprint density at radius 2 is 1.63 bits per heavy atom. The molecule has 1 N–H and O–H groups in total. The van der Waals surface area contributed by atoms with E-state index in [2.05, 4.69) is 17.4 Å². The third kappa shape index (κ3) is 6.02. The van der Waals surface area contributed by atoms with Gasteiger partial charge in [-0.1, -0.05) is 44.2 Å². The van der Waals surface area contributed by atoms with Crippen LogP contribution in [0, 0.1) is 5.41 Å². The molecule has 188 valence electrons. The van der Waals surface area contributed by atoms with E-state index in [-0.39, 0.29) is 5.91 Å². The van der Waals surface area contributed by atoms with Crippen molar-refractivity contribution in [2.45, 2.75) is 72.1 Å². The fourth-order valence-corrected chi connectivity index (χ4v) is 4.25. The normalized spacial score (nSPS) is 16.9. The van der Waals surface area contributed by atoms with Crippen molar-refractivity contribution in [3.63, 3.8) is 0 Å². The number of rotatable bonds is 9. The fourth-order valence-electron chi connectivity index (χ4n) is 4.25. The van der Waals surface area contributed by atoms with Gasteiger partial charge in [-0.2, -0.15) is 0 Å². The third-order valence-corrected chi connectivity index (χ3v) is 6.33. The van der Waals surface area contributed by atoms with Gasteiger partial charge < -0.3 is 14.8 Å². The van der Waals surface area contributed by atoms with Gasteiger partial charge in [0.2, 0.25) is 5.91 Å². The summed E-state index contributed by atoms with van der Waals surface area (Å²) in [7, 11) is 0. The summed E-state index contributed by atoms with van der Waals surface area (Å²) in [5.41, 5.74) is 0.261. The van der Waals surface area contributed by atoms with Gasteiger partial charge in [-0.25, -0.2) is 14.5 Å². The summed E-state index contributed by atoms with van der Waals surface area (Å²) in [6.07, 6.45) is 2.00. The molecule has 0 aliphatic carbocycles. The number of ether oxygens (including phenoxy) is 2. The molecule has 1 atom stereocenters. The first-order valence-electron chi connectivity index (χ1n) is 12.3. The van der Waals surface area contributed by atoms with Gasteiger partial charge in [0.25, 0.3) is 0 Å². The number of likely N-dealkylation sites (tertiary alicyclic amines) is 1. The van der Waals surface area contributed by atoms with E-state index in [1.54, 1.807) is 24.3 Å². The molecule has 3 amide bonds. The minimum Gasteiger partial charge on any atom is -0.469 e. The number of aryl methyl sites for hydroxylation is 1. The van der Waals surface area contributed by atoms with Crippen molar-refractivity contribution in [1.29, 1.82) is 0 Å². The molecule has 3 rings (SSSR count). The van der Waals surface area contributed by atoms with Gasteiger partial charge in [0.15, 0.2) is 6.23 Å². The summed E-state index contributed by atoms with van der Waals surface area (Å²) in [6, 6.07) is 16.2. The second kappa shape index (κ2) is 10.9. The van der Waals surface area contributed by atoms with Crippen LogP contribution in [-0.2, 0) is 16.0 Å². The standard InChI is InChI=1S/C28H36N2O5/c1-6-28(7-2)24(32)30(26(33)29-19-11-14-20-12-9-8-10-13-20)25(28)34-22-17-15-21(16-18-22)23(31)35-27(3,4)5/h8-10,12-13,15-18,25H,6-7,11,14,19H2,1-5H3,(H,29,33). The molecule has 7 nitrogen and oxygen atoms in total. The van der Waals surface area contributed by atoms with Crippen molar-refractivity contribution in [3.05, 3.63) is 65.7 Å². The Morgan fingerprint density at radius 3 is 2.20 bits per heavy atom. The van der Waals surface area contributed by atoms with E-state index >= 15 is 0 Å². The van der Waals surface area contributed by atoms with E-state index in [1.807, 2.05) is 52.8 Å². The van der Waals surface area contributed by atoms with Crippen molar-refractivity contribution in [2.24, 2.45) is 5.41 Å². The summed E-state index contributed by atoms with van der Waals surface area (Å²) < 4.78 is 11.6. The van der Waals surface area contributed by atoms with Gasteiger partial charge in [-0.3, -0.25) is 4.79 Å². The molecular formula is C28H36N2O5. The van der Waals surface area contributed by atoms with E-state index in [4.69, 9.17) is 9.47 Å². The van der Waals surface area contributed by atoms with E-state index in [1.165, 1.54) is 10.5 Å². The SMILES string of the molecule is CCC1(CC)C(=O)N(C(=O)NCCCc2ccccc2)C1Oc1ccc(C(=O)OC(C)(C)C)cc1. The highest BCUT2D eigenvalue weighted by Crippen LogP contribution is 2.46. The number of nitrogens with zero attached hydrogens (tertiary/aromatic N) is 1. The fraction of sp³-hybridized carbons (Fsp3) is 0.464. The molecule has 0 spiro atoms. The minimum atomic E-state index is -0.759. The van der Waals surface area contributed by atoms with Crippen molar-refractivity contribution < 1.29 is 23.9 Å². The van der Waals surface area contributed by atoms with Crippen molar-refractivity contribution >= 4 is 17.9 Å². The van der Waals surface area contributed by atoms with Gasteiger partial charge in [0, 0.05) is 6.54 Å². The van der Waals surface area contributed by atoms with Crippen LogP contribution in [0.4, 0.5) is 4.79 Å². The van der Waals surface area contributed by atoms with Crippen LogP contribution < -0.4 is 10.1 Å². The maximum Gasteiger partial charge on any atom is 0.338 e. The first kappa shape index (κ1) is 26.3. The Hall–Kier alpha value is -3.35. The second-order valence-corrected chi connectivity index (χ2v) is 9.86. The molecule has 1 fully saturated rings. The molecule has 35 heavy (non-hydrogen) atoms. The van der Waals surface area contributed by atoms with E-state index in [0.717, 1.165) is 12.8 Å². The number of benzene rings is 2. The number of imide groups is 1. The Morgan fingerprint density at radius 1 is 1.00 bits per heavy atom. The first-order chi connectivity index (χ1) is 16.6. The van der Waals surface area contributed by atoms with Crippen molar-refractivity contribution in [1.82, 2.24) is 10.2 Å². The maximum absolute atomic E-state index is 13.0. The van der Waals surface area contributed by atoms with Crippen LogP contribution in [-0.4, -0.2) is 41.2 Å². The Bertz CT molecular complexity index is 1020. The number of nitrogens with one attached hydrogen (secondary N) is 1. The molecule has 1 heterocycles. The van der Waals surface area contributed by atoms with Crippen LogP contribution in [0.25, 0.3) is 0 Å². The lowest BCUT2D eigenvalue weighted by Crippen LogP contribution is -2.73. The van der Waals surface area contributed by atoms with Crippen LogP contribution in [0.15, 0.2) is 54.6 Å². The highest BCUT2D eigenvalue weighted by Gasteiger charge is 2.62. The average molecular weight is 481 g/mol. The molecule has 0 radical (unpaired) electrons. The maximum atomic E-state index is 13.0. The Labute approximate surface area is 207 Å². The monoisotopic (exact) mass is 480 g/mol. The average Bonchev–Trinajstić information content (AvgIpc) is 2.82. The van der Waals surface area contributed by atoms with E-state index in [9.17, 15) is 14.4 Å². The molecule has 2 aromatic carbocycles. The zero-order valence-electron chi connectivity index (χ0n) is 21.3. The van der Waals surface area contributed by atoms with E-state index < -0.39 is 29.2 Å². The van der Waals surface area contributed by atoms with Crippen LogP contribution in [0.5, 0.6) is 5.75 Å². The molecular weight excluding hydrogens is 444 g/mol. The minimum absolute atomic E-state index is 0.224.